The van der Waals surface area contributed by atoms with Crippen LogP contribution in [0.15, 0.2) is 24.3 Å². The van der Waals surface area contributed by atoms with Gasteiger partial charge in [-0.25, -0.2) is 8.42 Å². The molecule has 104 valence electrons. The molecule has 0 unspecified atom stereocenters. The van der Waals surface area contributed by atoms with Crippen molar-refractivity contribution in [1.82, 2.24) is 4.31 Å². The zero-order valence-electron chi connectivity index (χ0n) is 10.3. The van der Waals surface area contributed by atoms with E-state index in [1.807, 2.05) is 0 Å². The van der Waals surface area contributed by atoms with E-state index in [9.17, 15) is 18.5 Å². The van der Waals surface area contributed by atoms with Gasteiger partial charge in [0.15, 0.2) is 0 Å². The normalized spacial score (nSPS) is 10.8. The van der Waals surface area contributed by atoms with E-state index in [-0.39, 0.29) is 11.3 Å². The number of non-ortho nitro benzene ring substituents is 1. The molecule has 0 heterocycles. The van der Waals surface area contributed by atoms with Crippen LogP contribution >= 0.6 is 0 Å². The Morgan fingerprint density at radius 1 is 1.25 bits per heavy atom. The van der Waals surface area contributed by atoms with Gasteiger partial charge in [-0.15, -0.1) is 0 Å². The topological polar surface area (TPSA) is 128 Å². The second kappa shape index (κ2) is 6.61. The number of rotatable bonds is 6. The van der Waals surface area contributed by atoms with Gasteiger partial charge >= 0.3 is 0 Å². The van der Waals surface area contributed by atoms with Crippen molar-refractivity contribution in [2.75, 3.05) is 13.1 Å². The fraction of sp³-hybridized carbons (Fsp3) is 0.273. The maximum atomic E-state index is 12.0. The summed E-state index contributed by atoms with van der Waals surface area (Å²) in [7, 11) is -3.88. The molecule has 1 rings (SSSR count). The second-order valence-corrected chi connectivity index (χ2v) is 5.74. The van der Waals surface area contributed by atoms with Crippen LogP contribution in [0.3, 0.4) is 0 Å². The zero-order valence-corrected chi connectivity index (χ0v) is 11.1. The quantitative estimate of drug-likeness (QED) is 0.433. The van der Waals surface area contributed by atoms with Crippen LogP contribution in [0.1, 0.15) is 5.56 Å². The van der Waals surface area contributed by atoms with Gasteiger partial charge in [0.2, 0.25) is 10.0 Å². The molecule has 0 aliphatic carbocycles. The number of nitro groups is 1. The first kappa shape index (κ1) is 15.6. The fourth-order valence-electron chi connectivity index (χ4n) is 1.47. The third-order valence-corrected chi connectivity index (χ3v) is 4.10. The molecular formula is C11H10N4O4S. The van der Waals surface area contributed by atoms with Crippen LogP contribution < -0.4 is 0 Å². The van der Waals surface area contributed by atoms with Gasteiger partial charge in [0.1, 0.15) is 13.1 Å². The minimum Gasteiger partial charge on any atom is -0.258 e. The number of nitriles is 2. The predicted molar refractivity (Wildman–Crippen MR) is 68.5 cm³/mol. The molecule has 0 amide bonds. The lowest BCUT2D eigenvalue weighted by molar-refractivity contribution is -0.384. The number of nitro benzene ring substituents is 1. The molecule has 9 heteroatoms. The average Bonchev–Trinajstić information content (AvgIpc) is 2.38. The summed E-state index contributed by atoms with van der Waals surface area (Å²) in [5.41, 5.74) is 0.00453. The fourth-order valence-corrected chi connectivity index (χ4v) is 2.76. The molecule has 0 aromatic heterocycles. The Morgan fingerprint density at radius 2 is 1.85 bits per heavy atom. The Kier molecular flexibility index (Phi) is 5.15. The highest BCUT2D eigenvalue weighted by Gasteiger charge is 2.22. The van der Waals surface area contributed by atoms with Crippen LogP contribution in [0, 0.1) is 32.8 Å². The minimum atomic E-state index is -3.88. The molecule has 20 heavy (non-hydrogen) atoms. The standard InChI is InChI=1S/C11H10N4O4S/c12-4-6-14(7-5-13)20(18,19)9-10-2-1-3-11(8-10)15(16)17/h1-3,8H,6-7,9H2. The summed E-state index contributed by atoms with van der Waals surface area (Å²) in [4.78, 5) is 9.99. The minimum absolute atomic E-state index is 0.218. The molecule has 0 radical (unpaired) electrons. The van der Waals surface area contributed by atoms with Crippen LogP contribution in [0.2, 0.25) is 0 Å². The number of hydrogen-bond acceptors (Lipinski definition) is 6. The summed E-state index contributed by atoms with van der Waals surface area (Å²) in [6.07, 6.45) is 0. The van der Waals surface area contributed by atoms with Gasteiger partial charge in [-0.1, -0.05) is 12.1 Å². The molecular weight excluding hydrogens is 284 g/mol. The lowest BCUT2D eigenvalue weighted by Gasteiger charge is -2.15. The molecule has 0 aliphatic rings. The summed E-state index contributed by atoms with van der Waals surface area (Å²) in [5, 5.41) is 27.7. The van der Waals surface area contributed by atoms with Crippen LogP contribution in [-0.4, -0.2) is 30.7 Å². The number of nitrogens with zero attached hydrogens (tertiary/aromatic N) is 4. The van der Waals surface area contributed by atoms with E-state index in [2.05, 4.69) is 0 Å². The van der Waals surface area contributed by atoms with Crippen molar-refractivity contribution in [3.63, 3.8) is 0 Å². The van der Waals surface area contributed by atoms with Gasteiger partial charge in [-0.05, 0) is 5.56 Å². The van der Waals surface area contributed by atoms with Crippen LogP contribution in [-0.2, 0) is 15.8 Å². The number of sulfonamides is 1. The van der Waals surface area contributed by atoms with E-state index in [0.717, 1.165) is 10.4 Å². The first-order valence-corrected chi connectivity index (χ1v) is 6.96. The molecule has 1 aromatic carbocycles. The van der Waals surface area contributed by atoms with Crippen molar-refractivity contribution in [2.45, 2.75) is 5.75 Å². The SMILES string of the molecule is N#CCN(CC#N)S(=O)(=O)Cc1cccc([N+](=O)[O-])c1. The first-order valence-electron chi connectivity index (χ1n) is 5.36. The summed E-state index contributed by atoms with van der Waals surface area (Å²) >= 11 is 0. The van der Waals surface area contributed by atoms with Crippen LogP contribution in [0.5, 0.6) is 0 Å². The molecule has 0 atom stereocenters. The second-order valence-electron chi connectivity index (χ2n) is 3.77. The molecule has 0 bridgehead atoms. The summed E-state index contributed by atoms with van der Waals surface area (Å²) in [5.74, 6) is -0.502. The molecule has 0 saturated carbocycles. The summed E-state index contributed by atoms with van der Waals surface area (Å²) < 4.78 is 24.8. The molecule has 8 nitrogen and oxygen atoms in total. The van der Waals surface area contributed by atoms with Crippen LogP contribution in [0.25, 0.3) is 0 Å². The largest absolute Gasteiger partial charge is 0.269 e. The molecule has 0 saturated heterocycles. The number of hydrogen-bond donors (Lipinski definition) is 0. The average molecular weight is 294 g/mol. The van der Waals surface area contributed by atoms with Gasteiger partial charge in [-0.2, -0.15) is 14.8 Å². The number of benzene rings is 1. The third kappa shape index (κ3) is 4.02. The highest BCUT2D eigenvalue weighted by Crippen LogP contribution is 2.16. The van der Waals surface area contributed by atoms with Gasteiger partial charge < -0.3 is 0 Å². The van der Waals surface area contributed by atoms with Crippen molar-refractivity contribution in [3.05, 3.63) is 39.9 Å². The van der Waals surface area contributed by atoms with E-state index < -0.39 is 33.8 Å². The Morgan fingerprint density at radius 3 is 2.35 bits per heavy atom. The first-order chi connectivity index (χ1) is 9.40. The van der Waals surface area contributed by atoms with Crippen molar-refractivity contribution >= 4 is 15.7 Å². The third-order valence-electron chi connectivity index (χ3n) is 2.36. The van der Waals surface area contributed by atoms with E-state index >= 15 is 0 Å². The van der Waals surface area contributed by atoms with Gasteiger partial charge in [-0.3, -0.25) is 10.1 Å². The lowest BCUT2D eigenvalue weighted by atomic mass is 10.2. The smallest absolute Gasteiger partial charge is 0.258 e. The van der Waals surface area contributed by atoms with Crippen molar-refractivity contribution in [2.24, 2.45) is 0 Å². The van der Waals surface area contributed by atoms with Crippen LogP contribution in [0.4, 0.5) is 5.69 Å². The zero-order chi connectivity index (χ0) is 15.2. The molecule has 0 N–H and O–H groups in total. The van der Waals surface area contributed by atoms with E-state index in [4.69, 9.17) is 10.5 Å². The molecule has 0 spiro atoms. The van der Waals surface area contributed by atoms with Gasteiger partial charge in [0.05, 0.1) is 22.8 Å². The van der Waals surface area contributed by atoms with Gasteiger partial charge in [0, 0.05) is 12.1 Å². The summed E-state index contributed by atoms with van der Waals surface area (Å²) in [6.45, 7) is -0.879. The molecule has 0 fully saturated rings. The highest BCUT2D eigenvalue weighted by molar-refractivity contribution is 7.88. The Balaban J connectivity index is 3.01. The van der Waals surface area contributed by atoms with E-state index in [1.165, 1.54) is 18.2 Å². The Bertz CT molecular complexity index is 671. The Labute approximate surface area is 115 Å². The highest BCUT2D eigenvalue weighted by atomic mass is 32.2. The lowest BCUT2D eigenvalue weighted by Crippen LogP contribution is -2.32. The Hall–Kier alpha value is -2.49. The van der Waals surface area contributed by atoms with Crippen molar-refractivity contribution in [3.8, 4) is 12.1 Å². The van der Waals surface area contributed by atoms with E-state index in [0.29, 0.717) is 0 Å². The van der Waals surface area contributed by atoms with Crippen molar-refractivity contribution < 1.29 is 13.3 Å². The summed E-state index contributed by atoms with van der Waals surface area (Å²) in [6, 6.07) is 8.53. The molecule has 1 aromatic rings. The molecule has 0 aliphatic heterocycles. The monoisotopic (exact) mass is 294 g/mol. The van der Waals surface area contributed by atoms with E-state index in [1.54, 1.807) is 12.1 Å². The predicted octanol–water partition coefficient (Wildman–Crippen LogP) is 0.774. The maximum absolute atomic E-state index is 12.0. The van der Waals surface area contributed by atoms with Crippen molar-refractivity contribution in [1.29, 1.82) is 10.5 Å². The maximum Gasteiger partial charge on any atom is 0.269 e. The van der Waals surface area contributed by atoms with Gasteiger partial charge in [0.25, 0.3) is 5.69 Å².